The average molecular weight is 232 g/mol. The monoisotopic (exact) mass is 232 g/mol. The van der Waals surface area contributed by atoms with Crippen LogP contribution in [0.25, 0.3) is 0 Å². The summed E-state index contributed by atoms with van der Waals surface area (Å²) < 4.78 is 0. The molecule has 2 heteroatoms. The number of hydrogen-bond acceptors (Lipinski definition) is 2. The van der Waals surface area contributed by atoms with Crippen molar-refractivity contribution in [2.45, 2.75) is 46.1 Å². The predicted molar refractivity (Wildman–Crippen MR) is 72.0 cm³/mol. The van der Waals surface area contributed by atoms with E-state index < -0.39 is 0 Å². The summed E-state index contributed by atoms with van der Waals surface area (Å²) >= 11 is 0. The van der Waals surface area contributed by atoms with Gasteiger partial charge in [0.05, 0.1) is 0 Å². The predicted octanol–water partition coefficient (Wildman–Crippen LogP) is 3.21. The minimum atomic E-state index is 0.489. The third-order valence-corrected chi connectivity index (χ3v) is 4.16. The molecule has 0 aliphatic heterocycles. The van der Waals surface area contributed by atoms with Crippen LogP contribution >= 0.6 is 0 Å². The Morgan fingerprint density at radius 3 is 2.65 bits per heavy atom. The summed E-state index contributed by atoms with van der Waals surface area (Å²) in [6, 6.07) is 6.77. The molecule has 94 valence electrons. The maximum absolute atomic E-state index is 4.50. The Labute approximate surface area is 105 Å². The van der Waals surface area contributed by atoms with E-state index in [2.05, 4.69) is 50.1 Å². The van der Waals surface area contributed by atoms with Crippen molar-refractivity contribution in [1.29, 1.82) is 0 Å². The van der Waals surface area contributed by atoms with Crippen LogP contribution in [0.1, 0.15) is 45.7 Å². The van der Waals surface area contributed by atoms with Gasteiger partial charge in [-0.2, -0.15) is 0 Å². The summed E-state index contributed by atoms with van der Waals surface area (Å²) in [5.74, 6) is 1.28. The van der Waals surface area contributed by atoms with Crippen molar-refractivity contribution in [2.24, 2.45) is 11.3 Å². The standard InChI is InChI=1S/C15H24N2/c1-5-16-14(12-10-15(12,3)4)11(2)13-8-6-7-9-17-13/h6-9,11-12,14,16H,5,10H2,1-4H3. The fourth-order valence-electron chi connectivity index (χ4n) is 2.85. The van der Waals surface area contributed by atoms with Crippen molar-refractivity contribution in [2.75, 3.05) is 6.54 Å². The maximum Gasteiger partial charge on any atom is 0.0447 e. The second-order valence-corrected chi connectivity index (χ2v) is 5.93. The molecule has 0 radical (unpaired) electrons. The number of pyridine rings is 1. The van der Waals surface area contributed by atoms with Crippen molar-refractivity contribution in [3.63, 3.8) is 0 Å². The summed E-state index contributed by atoms with van der Waals surface area (Å²) in [4.78, 5) is 4.50. The average Bonchev–Trinajstić information content (AvgIpc) is 2.95. The Hall–Kier alpha value is -0.890. The zero-order valence-electron chi connectivity index (χ0n) is 11.4. The van der Waals surface area contributed by atoms with Crippen LogP contribution < -0.4 is 5.32 Å². The number of likely N-dealkylation sites (N-methyl/N-ethyl adjacent to an activating group) is 1. The lowest BCUT2D eigenvalue weighted by Crippen LogP contribution is -2.37. The maximum atomic E-state index is 4.50. The Kier molecular flexibility index (Phi) is 3.53. The molecule has 0 spiro atoms. The molecule has 1 N–H and O–H groups in total. The van der Waals surface area contributed by atoms with Crippen molar-refractivity contribution < 1.29 is 0 Å². The number of nitrogens with one attached hydrogen (secondary N) is 1. The van der Waals surface area contributed by atoms with Gasteiger partial charge in [-0.15, -0.1) is 0 Å². The van der Waals surface area contributed by atoms with Gasteiger partial charge in [-0.1, -0.05) is 33.8 Å². The minimum Gasteiger partial charge on any atom is -0.313 e. The zero-order chi connectivity index (χ0) is 12.5. The Morgan fingerprint density at radius 2 is 2.18 bits per heavy atom. The zero-order valence-corrected chi connectivity index (χ0v) is 11.4. The number of nitrogens with zero attached hydrogens (tertiary/aromatic N) is 1. The highest BCUT2D eigenvalue weighted by Gasteiger charge is 2.51. The van der Waals surface area contributed by atoms with Crippen molar-refractivity contribution in [1.82, 2.24) is 10.3 Å². The Bertz CT molecular complexity index is 358. The molecule has 0 saturated heterocycles. The Balaban J connectivity index is 2.11. The van der Waals surface area contributed by atoms with E-state index >= 15 is 0 Å². The van der Waals surface area contributed by atoms with Crippen molar-refractivity contribution in [3.05, 3.63) is 30.1 Å². The van der Waals surface area contributed by atoms with Gasteiger partial charge in [0.1, 0.15) is 0 Å². The van der Waals surface area contributed by atoms with Gasteiger partial charge in [0.2, 0.25) is 0 Å². The molecule has 1 fully saturated rings. The van der Waals surface area contributed by atoms with Gasteiger partial charge in [-0.25, -0.2) is 0 Å². The van der Waals surface area contributed by atoms with E-state index in [-0.39, 0.29) is 0 Å². The topological polar surface area (TPSA) is 24.9 Å². The third-order valence-electron chi connectivity index (χ3n) is 4.16. The molecular formula is C15H24N2. The summed E-state index contributed by atoms with van der Waals surface area (Å²) in [6.07, 6.45) is 3.23. The fraction of sp³-hybridized carbons (Fsp3) is 0.667. The molecule has 2 nitrogen and oxygen atoms in total. The smallest absolute Gasteiger partial charge is 0.0447 e. The molecule has 1 aromatic heterocycles. The van der Waals surface area contributed by atoms with E-state index in [1.54, 1.807) is 0 Å². The van der Waals surface area contributed by atoms with Crippen LogP contribution in [-0.2, 0) is 0 Å². The van der Waals surface area contributed by atoms with Crippen molar-refractivity contribution >= 4 is 0 Å². The first-order chi connectivity index (χ1) is 8.06. The van der Waals surface area contributed by atoms with Gasteiger partial charge in [-0.3, -0.25) is 4.98 Å². The second kappa shape index (κ2) is 4.77. The lowest BCUT2D eigenvalue weighted by Gasteiger charge is -2.26. The summed E-state index contributed by atoms with van der Waals surface area (Å²) in [5, 5.41) is 3.66. The van der Waals surface area contributed by atoms with Crippen molar-refractivity contribution in [3.8, 4) is 0 Å². The highest BCUT2D eigenvalue weighted by atomic mass is 14.9. The van der Waals surface area contributed by atoms with Crippen LogP contribution in [0.15, 0.2) is 24.4 Å². The van der Waals surface area contributed by atoms with E-state index in [1.807, 2.05) is 12.3 Å². The van der Waals surface area contributed by atoms with Gasteiger partial charge in [0.15, 0.2) is 0 Å². The molecule has 0 aromatic carbocycles. The fourth-order valence-corrected chi connectivity index (χ4v) is 2.85. The minimum absolute atomic E-state index is 0.489. The lowest BCUT2D eigenvalue weighted by molar-refractivity contribution is 0.365. The second-order valence-electron chi connectivity index (χ2n) is 5.93. The van der Waals surface area contributed by atoms with E-state index in [4.69, 9.17) is 0 Å². The molecule has 3 unspecified atom stereocenters. The molecule has 1 aliphatic carbocycles. The van der Waals surface area contributed by atoms with Gasteiger partial charge >= 0.3 is 0 Å². The van der Waals surface area contributed by atoms with Crippen LogP contribution in [0.4, 0.5) is 0 Å². The van der Waals surface area contributed by atoms with E-state index in [9.17, 15) is 0 Å². The highest BCUT2D eigenvalue weighted by Crippen LogP contribution is 2.55. The molecule has 17 heavy (non-hydrogen) atoms. The lowest BCUT2D eigenvalue weighted by atomic mass is 9.90. The third kappa shape index (κ3) is 2.68. The first-order valence-corrected chi connectivity index (χ1v) is 6.70. The van der Waals surface area contributed by atoms with E-state index in [1.165, 1.54) is 12.1 Å². The number of hydrogen-bond donors (Lipinski definition) is 1. The van der Waals surface area contributed by atoms with Gasteiger partial charge < -0.3 is 5.32 Å². The molecule has 1 saturated carbocycles. The Morgan fingerprint density at radius 1 is 1.47 bits per heavy atom. The quantitative estimate of drug-likeness (QED) is 0.843. The molecule has 0 amide bonds. The summed E-state index contributed by atoms with van der Waals surface area (Å²) in [7, 11) is 0. The van der Waals surface area contributed by atoms with E-state index in [0.717, 1.165) is 12.5 Å². The largest absolute Gasteiger partial charge is 0.313 e. The van der Waals surface area contributed by atoms with Crippen LogP contribution in [0.3, 0.4) is 0 Å². The SMILES string of the molecule is CCNC(C(C)c1ccccn1)C1CC1(C)C. The van der Waals surface area contributed by atoms with Gasteiger partial charge in [0, 0.05) is 23.9 Å². The van der Waals surface area contributed by atoms with Gasteiger partial charge in [-0.05, 0) is 36.4 Å². The van der Waals surface area contributed by atoms with Crippen LogP contribution in [0.2, 0.25) is 0 Å². The van der Waals surface area contributed by atoms with Gasteiger partial charge in [0.25, 0.3) is 0 Å². The molecule has 0 bridgehead atoms. The molecule has 2 rings (SSSR count). The van der Waals surface area contributed by atoms with E-state index in [0.29, 0.717) is 17.4 Å². The molecular weight excluding hydrogens is 208 g/mol. The summed E-state index contributed by atoms with van der Waals surface area (Å²) in [5.41, 5.74) is 1.72. The molecule has 3 atom stereocenters. The number of rotatable bonds is 5. The normalized spacial score (nSPS) is 25.3. The first kappa shape index (κ1) is 12.6. The molecule has 1 aliphatic rings. The van der Waals surface area contributed by atoms with Crippen LogP contribution in [-0.4, -0.2) is 17.6 Å². The highest BCUT2D eigenvalue weighted by molar-refractivity contribution is 5.15. The van der Waals surface area contributed by atoms with Crippen LogP contribution in [0, 0.1) is 11.3 Å². The van der Waals surface area contributed by atoms with Crippen LogP contribution in [0.5, 0.6) is 0 Å². The number of aromatic nitrogens is 1. The molecule has 1 heterocycles. The summed E-state index contributed by atoms with van der Waals surface area (Å²) in [6.45, 7) is 10.3. The molecule has 1 aromatic rings. The first-order valence-electron chi connectivity index (χ1n) is 6.70.